The van der Waals surface area contributed by atoms with Crippen LogP contribution in [0.5, 0.6) is 5.88 Å². The normalized spacial score (nSPS) is 13.3. The number of benzene rings is 1. The third-order valence-electron chi connectivity index (χ3n) is 3.98. The lowest BCUT2D eigenvalue weighted by molar-refractivity contribution is -0.384. The number of carbonyl (C=O) groups is 1. The molecule has 0 saturated heterocycles. The van der Waals surface area contributed by atoms with Gasteiger partial charge >= 0.3 is 0 Å². The summed E-state index contributed by atoms with van der Waals surface area (Å²) in [7, 11) is 0. The Morgan fingerprint density at radius 2 is 2.19 bits per heavy atom. The number of anilines is 1. The fourth-order valence-electron chi connectivity index (χ4n) is 2.31. The summed E-state index contributed by atoms with van der Waals surface area (Å²) in [5, 5.41) is 13.4. The molecule has 136 valence electrons. The first-order chi connectivity index (χ1) is 12.4. The number of nitrogen functional groups attached to an aromatic ring is 1. The van der Waals surface area contributed by atoms with E-state index in [0.29, 0.717) is 30.0 Å². The van der Waals surface area contributed by atoms with E-state index in [1.165, 1.54) is 12.8 Å². The molecule has 26 heavy (non-hydrogen) atoms. The van der Waals surface area contributed by atoms with Crippen LogP contribution in [0.2, 0.25) is 0 Å². The molecule has 0 aliphatic heterocycles. The maximum atomic E-state index is 13.5. The van der Waals surface area contributed by atoms with Gasteiger partial charge in [0.25, 0.3) is 11.6 Å². The van der Waals surface area contributed by atoms with Crippen LogP contribution in [0, 0.1) is 21.8 Å². The molecule has 1 aromatic heterocycles. The van der Waals surface area contributed by atoms with Crippen LogP contribution in [0.3, 0.4) is 0 Å². The van der Waals surface area contributed by atoms with Crippen LogP contribution in [0.1, 0.15) is 28.8 Å². The quantitative estimate of drug-likeness (QED) is 0.444. The molecule has 1 fully saturated rings. The zero-order valence-corrected chi connectivity index (χ0v) is 13.8. The Bertz CT molecular complexity index is 837. The highest BCUT2D eigenvalue weighted by Gasteiger charge is 2.22. The van der Waals surface area contributed by atoms with Crippen LogP contribution < -0.4 is 15.8 Å². The average molecular weight is 360 g/mol. The standard InChI is InChI=1S/C17H17FN4O4/c18-12-5-13(16(19)14(6-12)22(24)25)17(23)21-8-11-3-4-15(20-7-11)26-9-10-1-2-10/h3-7,10H,1-2,8-9,19H2,(H,21,23). The van der Waals surface area contributed by atoms with E-state index in [0.717, 1.165) is 6.07 Å². The van der Waals surface area contributed by atoms with E-state index < -0.39 is 22.3 Å². The lowest BCUT2D eigenvalue weighted by Gasteiger charge is -2.09. The fraction of sp³-hybridized carbons (Fsp3) is 0.294. The number of halogens is 1. The second-order valence-corrected chi connectivity index (χ2v) is 6.09. The molecule has 1 amide bonds. The minimum absolute atomic E-state index is 0.110. The molecule has 3 rings (SSSR count). The number of ether oxygens (including phenoxy) is 1. The van der Waals surface area contributed by atoms with Crippen molar-refractivity contribution < 1.29 is 18.8 Å². The molecule has 0 atom stereocenters. The third kappa shape index (κ3) is 4.24. The molecule has 1 aliphatic rings. The van der Waals surface area contributed by atoms with E-state index >= 15 is 0 Å². The van der Waals surface area contributed by atoms with Gasteiger partial charge in [0.15, 0.2) is 0 Å². The minimum atomic E-state index is -0.908. The van der Waals surface area contributed by atoms with Crippen molar-refractivity contribution in [2.45, 2.75) is 19.4 Å². The van der Waals surface area contributed by atoms with Gasteiger partial charge in [-0.15, -0.1) is 0 Å². The van der Waals surface area contributed by atoms with E-state index in [2.05, 4.69) is 10.3 Å². The second kappa shape index (κ2) is 7.34. The fourth-order valence-corrected chi connectivity index (χ4v) is 2.31. The van der Waals surface area contributed by atoms with Crippen LogP contribution in [-0.4, -0.2) is 22.4 Å². The number of nitrogens with zero attached hydrogens (tertiary/aromatic N) is 2. The Labute approximate surface area is 148 Å². The first-order valence-electron chi connectivity index (χ1n) is 8.03. The van der Waals surface area contributed by atoms with Gasteiger partial charge in [-0.1, -0.05) is 6.07 Å². The number of nitrogens with one attached hydrogen (secondary N) is 1. The first kappa shape index (κ1) is 17.6. The molecule has 0 spiro atoms. The number of aromatic nitrogens is 1. The van der Waals surface area contributed by atoms with Gasteiger partial charge in [-0.2, -0.15) is 0 Å². The van der Waals surface area contributed by atoms with Crippen molar-refractivity contribution >= 4 is 17.3 Å². The molecule has 1 saturated carbocycles. The molecule has 0 radical (unpaired) electrons. The summed E-state index contributed by atoms with van der Waals surface area (Å²) in [5.74, 6) is -0.484. The number of carbonyl (C=O) groups excluding carboxylic acids is 1. The third-order valence-corrected chi connectivity index (χ3v) is 3.98. The number of nitrogens with two attached hydrogens (primary N) is 1. The monoisotopic (exact) mass is 360 g/mol. The van der Waals surface area contributed by atoms with Gasteiger partial charge in [0.05, 0.1) is 23.2 Å². The predicted molar refractivity (Wildman–Crippen MR) is 91.1 cm³/mol. The number of pyridine rings is 1. The molecule has 2 aromatic rings. The SMILES string of the molecule is Nc1c(C(=O)NCc2ccc(OCC3CC3)nc2)cc(F)cc1[N+](=O)[O-]. The summed E-state index contributed by atoms with van der Waals surface area (Å²) in [6, 6.07) is 4.99. The van der Waals surface area contributed by atoms with Crippen LogP contribution in [0.4, 0.5) is 15.8 Å². The Kier molecular flexibility index (Phi) is 4.97. The molecule has 3 N–H and O–H groups in total. The first-order valence-corrected chi connectivity index (χ1v) is 8.03. The maximum Gasteiger partial charge on any atom is 0.295 e. The molecular formula is C17H17FN4O4. The van der Waals surface area contributed by atoms with Crippen LogP contribution >= 0.6 is 0 Å². The lowest BCUT2D eigenvalue weighted by atomic mass is 10.1. The van der Waals surface area contributed by atoms with Gasteiger partial charge in [0, 0.05) is 18.8 Å². The molecule has 8 nitrogen and oxygen atoms in total. The molecule has 1 aromatic carbocycles. The van der Waals surface area contributed by atoms with Crippen molar-refractivity contribution in [3.63, 3.8) is 0 Å². The highest BCUT2D eigenvalue weighted by atomic mass is 19.1. The maximum absolute atomic E-state index is 13.5. The second-order valence-electron chi connectivity index (χ2n) is 6.09. The summed E-state index contributed by atoms with van der Waals surface area (Å²) < 4.78 is 19.0. The number of nitro groups is 1. The Balaban J connectivity index is 1.62. The highest BCUT2D eigenvalue weighted by Crippen LogP contribution is 2.29. The topological polar surface area (TPSA) is 120 Å². The largest absolute Gasteiger partial charge is 0.477 e. The van der Waals surface area contributed by atoms with Crippen molar-refractivity contribution in [1.29, 1.82) is 0 Å². The van der Waals surface area contributed by atoms with Gasteiger partial charge in [-0.25, -0.2) is 9.37 Å². The average Bonchev–Trinajstić information content (AvgIpc) is 3.44. The minimum Gasteiger partial charge on any atom is -0.477 e. The molecule has 1 aliphatic carbocycles. The molecular weight excluding hydrogens is 343 g/mol. The number of hydrogen-bond acceptors (Lipinski definition) is 6. The van der Waals surface area contributed by atoms with Crippen LogP contribution in [-0.2, 0) is 6.54 Å². The Morgan fingerprint density at radius 3 is 2.81 bits per heavy atom. The summed E-state index contributed by atoms with van der Waals surface area (Å²) in [6.45, 7) is 0.763. The van der Waals surface area contributed by atoms with E-state index in [1.807, 2.05) is 0 Å². The lowest BCUT2D eigenvalue weighted by Crippen LogP contribution is -2.24. The molecule has 9 heteroatoms. The molecule has 0 unspecified atom stereocenters. The van der Waals surface area contributed by atoms with Crippen LogP contribution in [0.15, 0.2) is 30.5 Å². The smallest absolute Gasteiger partial charge is 0.295 e. The predicted octanol–water partition coefficient (Wildman–Crippen LogP) is 2.43. The van der Waals surface area contributed by atoms with Crippen molar-refractivity contribution in [3.8, 4) is 5.88 Å². The van der Waals surface area contributed by atoms with E-state index in [1.54, 1.807) is 18.3 Å². The highest BCUT2D eigenvalue weighted by molar-refractivity contribution is 6.01. The van der Waals surface area contributed by atoms with Gasteiger partial charge in [0.2, 0.25) is 5.88 Å². The van der Waals surface area contributed by atoms with Crippen molar-refractivity contribution in [1.82, 2.24) is 10.3 Å². The van der Waals surface area contributed by atoms with Crippen molar-refractivity contribution in [3.05, 3.63) is 57.5 Å². The molecule has 1 heterocycles. The van der Waals surface area contributed by atoms with E-state index in [9.17, 15) is 19.3 Å². The Hall–Kier alpha value is -3.23. The van der Waals surface area contributed by atoms with Gasteiger partial charge in [-0.05, 0) is 30.4 Å². The number of hydrogen-bond donors (Lipinski definition) is 2. The number of amides is 1. The summed E-state index contributed by atoms with van der Waals surface area (Å²) >= 11 is 0. The Morgan fingerprint density at radius 1 is 1.42 bits per heavy atom. The van der Waals surface area contributed by atoms with Gasteiger partial charge in [0.1, 0.15) is 11.5 Å². The summed E-state index contributed by atoms with van der Waals surface area (Å²) in [6.07, 6.45) is 3.93. The zero-order chi connectivity index (χ0) is 18.7. The van der Waals surface area contributed by atoms with E-state index in [-0.39, 0.29) is 17.8 Å². The van der Waals surface area contributed by atoms with E-state index in [4.69, 9.17) is 10.5 Å². The summed E-state index contributed by atoms with van der Waals surface area (Å²) in [4.78, 5) is 26.4. The van der Waals surface area contributed by atoms with Crippen LogP contribution in [0.25, 0.3) is 0 Å². The molecule has 0 bridgehead atoms. The number of nitro benzene ring substituents is 1. The number of rotatable bonds is 7. The zero-order valence-electron chi connectivity index (χ0n) is 13.8. The van der Waals surface area contributed by atoms with Gasteiger partial charge in [-0.3, -0.25) is 14.9 Å². The summed E-state index contributed by atoms with van der Waals surface area (Å²) in [5.41, 5.74) is 5.00. The van der Waals surface area contributed by atoms with Crippen molar-refractivity contribution in [2.75, 3.05) is 12.3 Å². The van der Waals surface area contributed by atoms with Crippen molar-refractivity contribution in [2.24, 2.45) is 5.92 Å². The van der Waals surface area contributed by atoms with Gasteiger partial charge < -0.3 is 15.8 Å².